The Kier molecular flexibility index (Phi) is 4.23. The van der Waals surface area contributed by atoms with Gasteiger partial charge in [0.05, 0.1) is 24.4 Å². The number of hydrogen-bond acceptors (Lipinski definition) is 5. The maximum atomic E-state index is 12.2. The lowest BCUT2D eigenvalue weighted by molar-refractivity contribution is -0.115. The predicted octanol–water partition coefficient (Wildman–Crippen LogP) is 1.56. The van der Waals surface area contributed by atoms with Crippen molar-refractivity contribution in [2.75, 3.05) is 13.2 Å². The average Bonchev–Trinajstić information content (AvgIpc) is 3.01. The fourth-order valence-electron chi connectivity index (χ4n) is 3.18. The van der Waals surface area contributed by atoms with Gasteiger partial charge in [0, 0.05) is 19.0 Å². The summed E-state index contributed by atoms with van der Waals surface area (Å²) in [5.41, 5.74) is 2.38. The van der Waals surface area contributed by atoms with Crippen LogP contribution in [-0.2, 0) is 16.6 Å². The van der Waals surface area contributed by atoms with Crippen LogP contribution in [0.15, 0.2) is 35.1 Å². The first-order valence-electron chi connectivity index (χ1n) is 8.57. The summed E-state index contributed by atoms with van der Waals surface area (Å²) in [6, 6.07) is 6.15. The highest BCUT2D eigenvalue weighted by atomic mass is 16.5. The molecule has 1 fully saturated rings. The van der Waals surface area contributed by atoms with Crippen LogP contribution in [0.2, 0.25) is 0 Å². The first kappa shape index (κ1) is 15.8. The first-order valence-corrected chi connectivity index (χ1v) is 8.57. The van der Waals surface area contributed by atoms with Gasteiger partial charge in [-0.25, -0.2) is 4.99 Å². The molecule has 1 aromatic carbocycles. The minimum absolute atomic E-state index is 0.188. The number of guanidine groups is 1. The molecule has 0 aliphatic carbocycles. The molecular weight excluding hydrogens is 318 g/mol. The van der Waals surface area contributed by atoms with Crippen LogP contribution >= 0.6 is 0 Å². The van der Waals surface area contributed by atoms with Crippen LogP contribution in [0.25, 0.3) is 17.0 Å². The number of fused-ring (bicyclic) bond motifs is 1. The Bertz CT molecular complexity index is 859. The molecule has 3 heterocycles. The van der Waals surface area contributed by atoms with Gasteiger partial charge in [-0.15, -0.1) is 0 Å². The van der Waals surface area contributed by atoms with E-state index in [0.29, 0.717) is 18.3 Å². The Hall–Kier alpha value is -2.67. The summed E-state index contributed by atoms with van der Waals surface area (Å²) in [5, 5.41) is 11.3. The summed E-state index contributed by atoms with van der Waals surface area (Å²) in [5.74, 6) is 0.317. The number of nitrogens with zero attached hydrogens (tertiary/aromatic N) is 3. The highest BCUT2D eigenvalue weighted by molar-refractivity contribution is 6.13. The van der Waals surface area contributed by atoms with Gasteiger partial charge < -0.3 is 10.1 Å². The van der Waals surface area contributed by atoms with E-state index in [1.54, 1.807) is 6.08 Å². The molecule has 2 aliphatic heterocycles. The van der Waals surface area contributed by atoms with Crippen LogP contribution in [0.5, 0.6) is 0 Å². The summed E-state index contributed by atoms with van der Waals surface area (Å²) in [4.78, 5) is 16.6. The first-order chi connectivity index (χ1) is 12.2. The largest absolute Gasteiger partial charge is 0.379 e. The zero-order valence-corrected chi connectivity index (χ0v) is 14.2. The summed E-state index contributed by atoms with van der Waals surface area (Å²) < 4.78 is 7.38. The lowest BCUT2D eigenvalue weighted by Gasteiger charge is -2.16. The number of aryl methyl sites for hydroxylation is 1. The number of hydrogen-bond donors (Lipinski definition) is 2. The van der Waals surface area contributed by atoms with Crippen molar-refractivity contribution in [3.8, 4) is 0 Å². The van der Waals surface area contributed by atoms with Gasteiger partial charge in [-0.05, 0) is 43.0 Å². The number of nitrogens with one attached hydrogen (secondary N) is 2. The maximum absolute atomic E-state index is 12.2. The minimum atomic E-state index is -0.191. The summed E-state index contributed by atoms with van der Waals surface area (Å²) in [7, 11) is 1.91. The summed E-state index contributed by atoms with van der Waals surface area (Å²) in [6.07, 6.45) is 6.83. The highest BCUT2D eigenvalue weighted by Gasteiger charge is 2.23. The normalized spacial score (nSPS) is 22.8. The van der Waals surface area contributed by atoms with Crippen molar-refractivity contribution in [1.82, 2.24) is 20.4 Å². The smallest absolute Gasteiger partial charge is 0.276 e. The van der Waals surface area contributed by atoms with Crippen LogP contribution in [0.4, 0.5) is 0 Å². The molecular formula is C18H21N5O2. The number of ether oxygens (including phenoxy) is 1. The molecule has 1 saturated heterocycles. The molecule has 1 unspecified atom stereocenters. The number of aromatic nitrogens is 2. The summed E-state index contributed by atoms with van der Waals surface area (Å²) in [6.45, 7) is 1.45. The van der Waals surface area contributed by atoms with Gasteiger partial charge in [0.25, 0.3) is 5.91 Å². The molecule has 130 valence electrons. The standard InChI is InChI=1S/C18H21N5O2/c1-23-16-6-5-12(8-13(16)10-19-23)9-15-17(24)22-18(21-15)20-14-4-2-3-7-25-11-14/h5-6,8-10,14H,2-4,7,11H2,1H3,(H2,20,21,22,24)/b15-9-. The molecule has 0 radical (unpaired) electrons. The van der Waals surface area contributed by atoms with Crippen LogP contribution in [0.3, 0.4) is 0 Å². The van der Waals surface area contributed by atoms with Crippen molar-refractivity contribution in [3.63, 3.8) is 0 Å². The third kappa shape index (κ3) is 3.41. The van der Waals surface area contributed by atoms with E-state index < -0.39 is 0 Å². The van der Waals surface area contributed by atoms with Crippen molar-refractivity contribution in [2.24, 2.45) is 12.0 Å². The SMILES string of the molecule is Cn1ncc2cc(/C=C3\N=C(NC4CCCCOC4)NC3=O)ccc21. The second-order valence-electron chi connectivity index (χ2n) is 6.44. The second-order valence-corrected chi connectivity index (χ2v) is 6.44. The van der Waals surface area contributed by atoms with Gasteiger partial charge in [-0.3, -0.25) is 14.8 Å². The number of aliphatic imine (C=N–C) groups is 1. The van der Waals surface area contributed by atoms with Gasteiger partial charge in [0.2, 0.25) is 5.96 Å². The Morgan fingerprint density at radius 2 is 2.32 bits per heavy atom. The number of carbonyl (C=O) groups is 1. The zero-order chi connectivity index (χ0) is 17.2. The lowest BCUT2D eigenvalue weighted by atomic mass is 10.1. The third-order valence-electron chi connectivity index (χ3n) is 4.52. The van der Waals surface area contributed by atoms with Crippen LogP contribution < -0.4 is 10.6 Å². The van der Waals surface area contributed by atoms with Gasteiger partial charge in [-0.2, -0.15) is 5.10 Å². The van der Waals surface area contributed by atoms with E-state index in [0.717, 1.165) is 42.3 Å². The third-order valence-corrected chi connectivity index (χ3v) is 4.52. The molecule has 7 heteroatoms. The molecule has 1 amide bonds. The van der Waals surface area contributed by atoms with Gasteiger partial charge in [-0.1, -0.05) is 6.07 Å². The molecule has 0 bridgehead atoms. The number of carbonyl (C=O) groups excluding carboxylic acids is 1. The van der Waals surface area contributed by atoms with Gasteiger partial charge in [0.1, 0.15) is 5.70 Å². The lowest BCUT2D eigenvalue weighted by Crippen LogP contribution is -2.44. The minimum Gasteiger partial charge on any atom is -0.379 e. The van der Waals surface area contributed by atoms with E-state index in [4.69, 9.17) is 4.74 Å². The topological polar surface area (TPSA) is 80.5 Å². The fourth-order valence-corrected chi connectivity index (χ4v) is 3.18. The molecule has 2 N–H and O–H groups in total. The monoisotopic (exact) mass is 339 g/mol. The van der Waals surface area contributed by atoms with E-state index in [2.05, 4.69) is 20.7 Å². The molecule has 25 heavy (non-hydrogen) atoms. The van der Waals surface area contributed by atoms with Crippen LogP contribution in [0, 0.1) is 0 Å². The molecule has 2 aliphatic rings. The molecule has 1 aromatic heterocycles. The Labute approximate surface area is 145 Å². The van der Waals surface area contributed by atoms with Crippen molar-refractivity contribution in [3.05, 3.63) is 35.7 Å². The molecule has 1 atom stereocenters. The molecule has 0 spiro atoms. The van der Waals surface area contributed by atoms with Crippen molar-refractivity contribution < 1.29 is 9.53 Å². The highest BCUT2D eigenvalue weighted by Crippen LogP contribution is 2.18. The molecule has 0 saturated carbocycles. The van der Waals surface area contributed by atoms with E-state index in [1.807, 2.05) is 36.1 Å². The number of amides is 1. The van der Waals surface area contributed by atoms with Gasteiger partial charge in [0.15, 0.2) is 0 Å². The zero-order valence-electron chi connectivity index (χ0n) is 14.2. The second kappa shape index (κ2) is 6.68. The Balaban J connectivity index is 1.52. The van der Waals surface area contributed by atoms with Crippen LogP contribution in [-0.4, -0.2) is 40.9 Å². The van der Waals surface area contributed by atoms with Crippen molar-refractivity contribution in [2.45, 2.75) is 25.3 Å². The average molecular weight is 339 g/mol. The number of rotatable bonds is 2. The molecule has 7 nitrogen and oxygen atoms in total. The summed E-state index contributed by atoms with van der Waals surface area (Å²) >= 11 is 0. The van der Waals surface area contributed by atoms with E-state index in [9.17, 15) is 4.79 Å². The predicted molar refractivity (Wildman–Crippen MR) is 95.9 cm³/mol. The molecule has 4 rings (SSSR count). The Morgan fingerprint density at radius 1 is 1.40 bits per heavy atom. The van der Waals surface area contributed by atoms with E-state index >= 15 is 0 Å². The van der Waals surface area contributed by atoms with E-state index in [1.165, 1.54) is 0 Å². The Morgan fingerprint density at radius 3 is 3.24 bits per heavy atom. The number of benzene rings is 1. The van der Waals surface area contributed by atoms with Crippen molar-refractivity contribution in [1.29, 1.82) is 0 Å². The van der Waals surface area contributed by atoms with Gasteiger partial charge >= 0.3 is 0 Å². The fraction of sp³-hybridized carbons (Fsp3) is 0.389. The van der Waals surface area contributed by atoms with Crippen LogP contribution in [0.1, 0.15) is 24.8 Å². The maximum Gasteiger partial charge on any atom is 0.276 e. The quantitative estimate of drug-likeness (QED) is 0.814. The van der Waals surface area contributed by atoms with Crippen molar-refractivity contribution >= 4 is 28.8 Å². The molecule has 2 aromatic rings. The van der Waals surface area contributed by atoms with E-state index in [-0.39, 0.29) is 11.9 Å².